The number of hydrogen-bond acceptors (Lipinski definition) is 13. The van der Waals surface area contributed by atoms with Crippen LogP contribution in [0, 0.1) is 17.5 Å². The summed E-state index contributed by atoms with van der Waals surface area (Å²) >= 11 is 0. The number of aromatic nitrogens is 4. The molecule has 5 N–H and O–H groups in total. The van der Waals surface area contributed by atoms with Crippen molar-refractivity contribution >= 4 is 67.8 Å². The fourth-order valence-electron chi connectivity index (χ4n) is 8.12. The monoisotopic (exact) mass is 917 g/mol. The number of piperidine rings is 2. The number of amides is 3. The number of hydrogen-bond donors (Lipinski definition) is 5. The van der Waals surface area contributed by atoms with Gasteiger partial charge in [-0.05, 0) is 49.6 Å². The first-order valence-corrected chi connectivity index (χ1v) is 22.4. The number of aliphatic hydroxyl groups is 1. The zero-order valence-electron chi connectivity index (χ0n) is 35.4. The topological polar surface area (TPSA) is 226 Å². The first-order valence-electron chi connectivity index (χ1n) is 21.0. The van der Waals surface area contributed by atoms with Gasteiger partial charge in [-0.15, -0.1) is 0 Å². The molecule has 7 heterocycles. The molecule has 3 saturated heterocycles. The Labute approximate surface area is 371 Å². The highest BCUT2D eigenvalue weighted by Gasteiger charge is 2.38. The van der Waals surface area contributed by atoms with Crippen LogP contribution >= 0.6 is 0 Å². The Bertz CT molecular complexity index is 2780. The fraction of sp³-hybridized carbons (Fsp3) is 0.372. The maximum atomic E-state index is 15.6. The summed E-state index contributed by atoms with van der Waals surface area (Å²) in [6.45, 7) is 3.98. The van der Waals surface area contributed by atoms with Gasteiger partial charge in [-0.25, -0.2) is 28.1 Å². The van der Waals surface area contributed by atoms with E-state index < -0.39 is 62.2 Å². The number of rotatable bonds is 13. The van der Waals surface area contributed by atoms with E-state index in [-0.39, 0.29) is 86.0 Å². The Morgan fingerprint density at radius 2 is 1.66 bits per heavy atom. The zero-order chi connectivity index (χ0) is 46.2. The molecule has 8 rings (SSSR count). The SMILES string of the molecule is CCN(C)S(=O)(=O)Nc1ccc(F)c(C(=O)c2c[nH]c3ncc(-c4ccc(N5CCN(C(=O)CC6(O)CCN(c7ncc(NC8CCC(=O)NC8=O)cc7F)CC6)CC5)nc4)cc23)c1F. The second-order valence-electron chi connectivity index (χ2n) is 16.3. The Morgan fingerprint density at radius 1 is 0.923 bits per heavy atom. The van der Waals surface area contributed by atoms with E-state index >= 15 is 13.2 Å². The lowest BCUT2D eigenvalue weighted by Crippen LogP contribution is -2.52. The molecule has 3 fully saturated rings. The maximum Gasteiger partial charge on any atom is 0.301 e. The number of carbonyl (C=O) groups excluding carboxylic acids is 4. The summed E-state index contributed by atoms with van der Waals surface area (Å²) in [6, 6.07) is 7.56. The number of piperazine rings is 1. The van der Waals surface area contributed by atoms with E-state index in [1.165, 1.54) is 25.5 Å². The number of H-pyrrole nitrogens is 1. The van der Waals surface area contributed by atoms with Crippen molar-refractivity contribution in [1.82, 2.24) is 34.5 Å². The molecule has 0 bridgehead atoms. The third-order valence-electron chi connectivity index (χ3n) is 12.1. The highest BCUT2D eigenvalue weighted by molar-refractivity contribution is 7.90. The van der Waals surface area contributed by atoms with Gasteiger partial charge in [0.15, 0.2) is 17.5 Å². The standard InChI is InChI=1S/C43H46F3N11O7S/c1-3-54(2)65(63,64)53-32-6-5-30(44)37(38(32)46)39(60)29-24-49-40-28(29)18-26(22-48-40)25-4-8-34(47-21-25)55-14-16-56(17-15-55)36(59)20-43(62)10-12-57(13-11-43)41-31(45)19-27(23-50-41)51-33-7-9-35(58)52-42(33)61/h4-6,8,18-19,21-24,33,51,53,62H,3,7,9-17,20H2,1-2H3,(H,48,49)(H,52,58,61). The van der Waals surface area contributed by atoms with Crippen molar-refractivity contribution in [3.05, 3.63) is 89.8 Å². The van der Waals surface area contributed by atoms with Gasteiger partial charge in [-0.3, -0.25) is 29.2 Å². The van der Waals surface area contributed by atoms with Crippen molar-refractivity contribution in [2.75, 3.05) is 72.7 Å². The molecule has 0 saturated carbocycles. The Hall–Kier alpha value is -6.65. The number of nitrogens with zero attached hydrogens (tertiary/aromatic N) is 7. The minimum absolute atomic E-state index is 0.0784. The summed E-state index contributed by atoms with van der Waals surface area (Å²) in [6.07, 6.45) is 6.73. The average molecular weight is 918 g/mol. The van der Waals surface area contributed by atoms with Crippen LogP contribution in [0.15, 0.2) is 61.2 Å². The molecular weight excluding hydrogens is 872 g/mol. The molecule has 22 heteroatoms. The van der Waals surface area contributed by atoms with Gasteiger partial charge < -0.3 is 30.1 Å². The summed E-state index contributed by atoms with van der Waals surface area (Å²) in [4.78, 5) is 72.2. The number of nitrogens with one attached hydrogen (secondary N) is 4. The second kappa shape index (κ2) is 18.1. The number of carbonyl (C=O) groups is 4. The fourth-order valence-corrected chi connectivity index (χ4v) is 9.05. The molecule has 1 aromatic carbocycles. The number of halogens is 3. The predicted molar refractivity (Wildman–Crippen MR) is 234 cm³/mol. The summed E-state index contributed by atoms with van der Waals surface area (Å²) in [5.41, 5.74) is -1.08. The minimum atomic E-state index is -4.17. The van der Waals surface area contributed by atoms with Gasteiger partial charge >= 0.3 is 10.2 Å². The number of aromatic amines is 1. The highest BCUT2D eigenvalue weighted by Crippen LogP contribution is 2.33. The molecule has 65 heavy (non-hydrogen) atoms. The smallest absolute Gasteiger partial charge is 0.301 e. The van der Waals surface area contributed by atoms with E-state index in [1.807, 2.05) is 17.0 Å². The van der Waals surface area contributed by atoms with Crippen molar-refractivity contribution in [2.45, 2.75) is 50.7 Å². The second-order valence-corrected chi connectivity index (χ2v) is 18.1. The molecule has 342 valence electrons. The summed E-state index contributed by atoms with van der Waals surface area (Å²) in [7, 11) is -2.88. The van der Waals surface area contributed by atoms with Gasteiger partial charge in [-0.2, -0.15) is 12.7 Å². The van der Waals surface area contributed by atoms with Crippen LogP contribution in [0.25, 0.3) is 22.2 Å². The van der Waals surface area contributed by atoms with Crippen LogP contribution < -0.4 is 25.2 Å². The maximum absolute atomic E-state index is 15.6. The van der Waals surface area contributed by atoms with E-state index in [0.717, 1.165) is 16.4 Å². The first-order chi connectivity index (χ1) is 31.0. The largest absolute Gasteiger partial charge is 0.389 e. The molecule has 0 aliphatic carbocycles. The Morgan fingerprint density at radius 3 is 2.34 bits per heavy atom. The van der Waals surface area contributed by atoms with Crippen LogP contribution in [0.2, 0.25) is 0 Å². The van der Waals surface area contributed by atoms with Crippen molar-refractivity contribution in [2.24, 2.45) is 0 Å². The van der Waals surface area contributed by atoms with Crippen LogP contribution in [-0.2, 0) is 24.6 Å². The van der Waals surface area contributed by atoms with Crippen molar-refractivity contribution in [3.63, 3.8) is 0 Å². The lowest BCUT2D eigenvalue weighted by Gasteiger charge is -2.40. The lowest BCUT2D eigenvalue weighted by molar-refractivity contribution is -0.138. The number of ketones is 1. The summed E-state index contributed by atoms with van der Waals surface area (Å²) in [5, 5.41) is 16.8. The first kappa shape index (κ1) is 44.9. The molecule has 1 unspecified atom stereocenters. The number of imide groups is 1. The summed E-state index contributed by atoms with van der Waals surface area (Å²) in [5.74, 6) is -4.41. The van der Waals surface area contributed by atoms with E-state index in [1.54, 1.807) is 35.2 Å². The molecule has 4 aromatic heterocycles. The number of anilines is 4. The molecule has 3 aliphatic rings. The van der Waals surface area contributed by atoms with Gasteiger partial charge in [0.2, 0.25) is 23.5 Å². The number of benzene rings is 1. The Balaban J connectivity index is 0.851. The normalized spacial score (nSPS) is 18.0. The lowest BCUT2D eigenvalue weighted by atomic mass is 9.87. The van der Waals surface area contributed by atoms with Crippen molar-refractivity contribution < 1.29 is 45.9 Å². The van der Waals surface area contributed by atoms with E-state index in [9.17, 15) is 32.7 Å². The van der Waals surface area contributed by atoms with E-state index in [2.05, 4.69) is 35.3 Å². The zero-order valence-corrected chi connectivity index (χ0v) is 36.2. The summed E-state index contributed by atoms with van der Waals surface area (Å²) < 4.78 is 73.9. The molecule has 5 aromatic rings. The highest BCUT2D eigenvalue weighted by atomic mass is 32.2. The van der Waals surface area contributed by atoms with E-state index in [0.29, 0.717) is 48.8 Å². The molecule has 0 spiro atoms. The quantitative estimate of drug-likeness (QED) is 0.0843. The molecule has 1 atom stereocenters. The third kappa shape index (κ3) is 9.45. The molecule has 3 amide bonds. The molecule has 18 nitrogen and oxygen atoms in total. The molecule has 0 radical (unpaired) electrons. The third-order valence-corrected chi connectivity index (χ3v) is 13.7. The average Bonchev–Trinajstić information content (AvgIpc) is 3.72. The van der Waals surface area contributed by atoms with Crippen LogP contribution in [0.4, 0.5) is 36.2 Å². The Kier molecular flexibility index (Phi) is 12.5. The predicted octanol–water partition coefficient (Wildman–Crippen LogP) is 3.56. The van der Waals surface area contributed by atoms with Gasteiger partial charge in [0, 0.05) is 106 Å². The van der Waals surface area contributed by atoms with Crippen LogP contribution in [0.3, 0.4) is 0 Å². The number of fused-ring (bicyclic) bond motifs is 1. The minimum Gasteiger partial charge on any atom is -0.389 e. The molecular formula is C43H46F3N11O7S. The van der Waals surface area contributed by atoms with Gasteiger partial charge in [0.25, 0.3) is 0 Å². The van der Waals surface area contributed by atoms with Gasteiger partial charge in [0.1, 0.15) is 23.3 Å². The van der Waals surface area contributed by atoms with Gasteiger partial charge in [0.05, 0.1) is 35.2 Å². The van der Waals surface area contributed by atoms with Crippen molar-refractivity contribution in [3.8, 4) is 11.1 Å². The number of pyridine rings is 3. The van der Waals surface area contributed by atoms with Crippen molar-refractivity contribution in [1.29, 1.82) is 0 Å². The van der Waals surface area contributed by atoms with Crippen LogP contribution in [-0.4, -0.2) is 131 Å². The van der Waals surface area contributed by atoms with Gasteiger partial charge in [-0.1, -0.05) is 6.92 Å². The van der Waals surface area contributed by atoms with Crippen LogP contribution in [0.1, 0.15) is 54.9 Å². The molecule has 3 aliphatic heterocycles. The van der Waals surface area contributed by atoms with E-state index in [4.69, 9.17) is 0 Å². The van der Waals surface area contributed by atoms with Crippen LogP contribution in [0.5, 0.6) is 0 Å².